The van der Waals surface area contributed by atoms with Crippen LogP contribution in [0.25, 0.3) is 0 Å². The average molecular weight is 273 g/mol. The van der Waals surface area contributed by atoms with Crippen molar-refractivity contribution in [3.05, 3.63) is 24.4 Å². The molecule has 1 aromatic heterocycles. The fourth-order valence-electron chi connectivity index (χ4n) is 2.47. The van der Waals surface area contributed by atoms with Crippen molar-refractivity contribution in [2.45, 2.75) is 25.1 Å². The molecule has 0 spiro atoms. The number of hydrogen-bond acceptors (Lipinski definition) is 3. The molecule has 0 radical (unpaired) electrons. The molecule has 0 atom stereocenters. The number of anilines is 1. The van der Waals surface area contributed by atoms with Crippen LogP contribution in [0.5, 0.6) is 0 Å². The second-order valence-corrected chi connectivity index (χ2v) is 4.92. The van der Waals surface area contributed by atoms with E-state index < -0.39 is 12.7 Å². The van der Waals surface area contributed by atoms with Crippen molar-refractivity contribution in [3.8, 4) is 0 Å². The van der Waals surface area contributed by atoms with Crippen LogP contribution in [-0.2, 0) is 0 Å². The van der Waals surface area contributed by atoms with E-state index >= 15 is 0 Å². The van der Waals surface area contributed by atoms with Crippen molar-refractivity contribution in [3.63, 3.8) is 0 Å². The first-order valence-corrected chi connectivity index (χ1v) is 6.39. The summed E-state index contributed by atoms with van der Waals surface area (Å²) >= 11 is 0. The van der Waals surface area contributed by atoms with Gasteiger partial charge >= 0.3 is 6.18 Å². The van der Waals surface area contributed by atoms with Gasteiger partial charge in [0.15, 0.2) is 0 Å². The minimum absolute atomic E-state index is 0.263. The van der Waals surface area contributed by atoms with Crippen LogP contribution in [0.2, 0.25) is 0 Å². The van der Waals surface area contributed by atoms with Gasteiger partial charge in [-0.25, -0.2) is 4.98 Å². The van der Waals surface area contributed by atoms with Gasteiger partial charge in [0.2, 0.25) is 0 Å². The van der Waals surface area contributed by atoms with Crippen LogP contribution in [0.4, 0.5) is 19.0 Å². The lowest BCUT2D eigenvalue weighted by Crippen LogP contribution is -2.46. The van der Waals surface area contributed by atoms with Crippen LogP contribution in [0.15, 0.2) is 24.4 Å². The third kappa shape index (κ3) is 4.09. The number of rotatable bonds is 3. The maximum Gasteiger partial charge on any atom is 0.401 e. The van der Waals surface area contributed by atoms with Gasteiger partial charge in [0, 0.05) is 32.4 Å². The molecule has 106 valence electrons. The highest BCUT2D eigenvalue weighted by Crippen LogP contribution is 2.23. The van der Waals surface area contributed by atoms with E-state index in [9.17, 15) is 13.2 Å². The van der Waals surface area contributed by atoms with Gasteiger partial charge in [0.25, 0.3) is 0 Å². The zero-order valence-corrected chi connectivity index (χ0v) is 10.9. The first-order chi connectivity index (χ1) is 8.96. The molecule has 0 bridgehead atoms. The Morgan fingerprint density at radius 3 is 2.53 bits per heavy atom. The van der Waals surface area contributed by atoms with Crippen LogP contribution in [0, 0.1) is 0 Å². The van der Waals surface area contributed by atoms with Crippen LogP contribution < -0.4 is 4.90 Å². The molecule has 1 fully saturated rings. The molecule has 0 amide bonds. The van der Waals surface area contributed by atoms with Crippen molar-refractivity contribution in [2.75, 3.05) is 31.6 Å². The molecule has 0 saturated carbocycles. The minimum atomic E-state index is -4.10. The van der Waals surface area contributed by atoms with Gasteiger partial charge < -0.3 is 4.90 Å². The monoisotopic (exact) mass is 273 g/mol. The topological polar surface area (TPSA) is 19.4 Å². The molecule has 0 N–H and O–H groups in total. The number of pyridine rings is 1. The summed E-state index contributed by atoms with van der Waals surface area (Å²) in [6.45, 7) is 0.176. The number of likely N-dealkylation sites (tertiary alicyclic amines) is 1. The fourth-order valence-corrected chi connectivity index (χ4v) is 2.47. The number of halogens is 3. The Balaban J connectivity index is 1.86. The average Bonchev–Trinajstić information content (AvgIpc) is 2.38. The zero-order chi connectivity index (χ0) is 13.9. The van der Waals surface area contributed by atoms with E-state index in [4.69, 9.17) is 0 Å². The summed E-state index contributed by atoms with van der Waals surface area (Å²) in [5.74, 6) is 0.872. The highest BCUT2D eigenvalue weighted by Gasteiger charge is 2.33. The largest absolute Gasteiger partial charge is 0.401 e. The molecule has 1 aromatic rings. The first kappa shape index (κ1) is 14.1. The molecule has 3 nitrogen and oxygen atoms in total. The Kier molecular flexibility index (Phi) is 4.29. The fraction of sp³-hybridized carbons (Fsp3) is 0.615. The van der Waals surface area contributed by atoms with E-state index in [1.807, 2.05) is 25.2 Å². The Morgan fingerprint density at radius 2 is 2.00 bits per heavy atom. The molecule has 1 aliphatic heterocycles. The molecular formula is C13H18F3N3. The lowest BCUT2D eigenvalue weighted by Gasteiger charge is -2.37. The van der Waals surface area contributed by atoms with Crippen molar-refractivity contribution in [2.24, 2.45) is 0 Å². The molecule has 19 heavy (non-hydrogen) atoms. The molecule has 2 rings (SSSR count). The molecule has 2 heterocycles. The van der Waals surface area contributed by atoms with E-state index in [2.05, 4.69) is 9.88 Å². The third-order valence-corrected chi connectivity index (χ3v) is 3.52. The molecular weight excluding hydrogens is 255 g/mol. The Morgan fingerprint density at radius 1 is 1.32 bits per heavy atom. The van der Waals surface area contributed by atoms with Gasteiger partial charge in [-0.1, -0.05) is 6.07 Å². The standard InChI is InChI=1S/C13H18F3N3/c1-18(12-4-2-3-7-17-12)11-5-8-19(9-6-11)10-13(14,15)16/h2-4,7,11H,5-6,8-10H2,1H3. The zero-order valence-electron chi connectivity index (χ0n) is 10.9. The quantitative estimate of drug-likeness (QED) is 0.843. The second kappa shape index (κ2) is 5.77. The summed E-state index contributed by atoms with van der Waals surface area (Å²) in [6.07, 6.45) is -0.892. The van der Waals surface area contributed by atoms with Crippen molar-refractivity contribution < 1.29 is 13.2 Å². The number of aromatic nitrogens is 1. The highest BCUT2D eigenvalue weighted by atomic mass is 19.4. The molecule has 0 unspecified atom stereocenters. The second-order valence-electron chi connectivity index (χ2n) is 4.92. The molecule has 6 heteroatoms. The van der Waals surface area contributed by atoms with E-state index in [1.54, 1.807) is 6.20 Å². The summed E-state index contributed by atoms with van der Waals surface area (Å²) in [7, 11) is 1.95. The van der Waals surface area contributed by atoms with Crippen LogP contribution in [0.3, 0.4) is 0 Å². The summed E-state index contributed by atoms with van der Waals surface area (Å²) in [4.78, 5) is 7.80. The van der Waals surface area contributed by atoms with Crippen LogP contribution in [-0.4, -0.2) is 48.8 Å². The predicted molar refractivity (Wildman–Crippen MR) is 68.2 cm³/mol. The summed E-state index contributed by atoms with van der Waals surface area (Å²) in [6, 6.07) is 5.95. The minimum Gasteiger partial charge on any atom is -0.357 e. The van der Waals surface area contributed by atoms with E-state index in [1.165, 1.54) is 4.90 Å². The summed E-state index contributed by atoms with van der Waals surface area (Å²) < 4.78 is 36.9. The van der Waals surface area contributed by atoms with Gasteiger partial charge in [-0.05, 0) is 25.0 Å². The van der Waals surface area contributed by atoms with Gasteiger partial charge in [-0.15, -0.1) is 0 Å². The highest BCUT2D eigenvalue weighted by molar-refractivity contribution is 5.37. The maximum absolute atomic E-state index is 12.3. The van der Waals surface area contributed by atoms with Gasteiger partial charge in [0.1, 0.15) is 5.82 Å². The van der Waals surface area contributed by atoms with Gasteiger partial charge in [-0.2, -0.15) is 13.2 Å². The third-order valence-electron chi connectivity index (χ3n) is 3.52. The maximum atomic E-state index is 12.3. The van der Waals surface area contributed by atoms with Gasteiger partial charge in [0.05, 0.1) is 6.54 Å². The van der Waals surface area contributed by atoms with Crippen molar-refractivity contribution in [1.82, 2.24) is 9.88 Å². The number of alkyl halides is 3. The molecule has 0 aliphatic carbocycles. The van der Waals surface area contributed by atoms with E-state index in [0.717, 1.165) is 18.7 Å². The lowest BCUT2D eigenvalue weighted by molar-refractivity contribution is -0.147. The van der Waals surface area contributed by atoms with E-state index in [-0.39, 0.29) is 6.04 Å². The smallest absolute Gasteiger partial charge is 0.357 e. The van der Waals surface area contributed by atoms with E-state index in [0.29, 0.717) is 13.1 Å². The van der Waals surface area contributed by atoms with Crippen LogP contribution in [0.1, 0.15) is 12.8 Å². The SMILES string of the molecule is CN(c1ccccn1)C1CCN(CC(F)(F)F)CC1. The molecule has 1 saturated heterocycles. The van der Waals surface area contributed by atoms with Crippen molar-refractivity contribution >= 4 is 5.82 Å². The first-order valence-electron chi connectivity index (χ1n) is 6.39. The Labute approximate surface area is 111 Å². The lowest BCUT2D eigenvalue weighted by atomic mass is 10.0. The Bertz CT molecular complexity index is 386. The normalized spacial score (nSPS) is 18.5. The molecule has 0 aromatic carbocycles. The van der Waals surface area contributed by atoms with Gasteiger partial charge in [-0.3, -0.25) is 4.90 Å². The molecule has 1 aliphatic rings. The summed E-state index contributed by atoms with van der Waals surface area (Å²) in [5, 5.41) is 0. The van der Waals surface area contributed by atoms with Crippen LogP contribution >= 0.6 is 0 Å². The predicted octanol–water partition coefficient (Wildman–Crippen LogP) is 2.54. The Hall–Kier alpha value is -1.30. The summed E-state index contributed by atoms with van der Waals surface area (Å²) in [5.41, 5.74) is 0. The number of nitrogens with zero attached hydrogens (tertiary/aromatic N) is 3. The van der Waals surface area contributed by atoms with Crippen molar-refractivity contribution in [1.29, 1.82) is 0 Å². The number of hydrogen-bond donors (Lipinski definition) is 0. The number of piperidine rings is 1.